The van der Waals surface area contributed by atoms with Crippen molar-refractivity contribution in [3.05, 3.63) is 54.1 Å². The van der Waals surface area contributed by atoms with E-state index in [-0.39, 0.29) is 29.3 Å². The van der Waals surface area contributed by atoms with Gasteiger partial charge < -0.3 is 14.8 Å². The molecular weight excluding hydrogens is 392 g/mol. The second-order valence-electron chi connectivity index (χ2n) is 6.92. The maximum Gasteiger partial charge on any atom is 0.422 e. The van der Waals surface area contributed by atoms with Gasteiger partial charge in [-0.25, -0.2) is 4.39 Å². The maximum atomic E-state index is 12.9. The van der Waals surface area contributed by atoms with E-state index in [0.717, 1.165) is 0 Å². The Morgan fingerprint density at radius 3 is 2.48 bits per heavy atom. The molecule has 2 aromatic rings. The number of hydrogen-bond acceptors (Lipinski definition) is 4. The van der Waals surface area contributed by atoms with Crippen molar-refractivity contribution in [3.8, 4) is 11.5 Å². The van der Waals surface area contributed by atoms with Crippen molar-refractivity contribution in [1.82, 2.24) is 10.3 Å². The van der Waals surface area contributed by atoms with E-state index in [2.05, 4.69) is 15.0 Å². The van der Waals surface area contributed by atoms with Gasteiger partial charge in [0, 0.05) is 11.8 Å². The second kappa shape index (κ2) is 8.67. The summed E-state index contributed by atoms with van der Waals surface area (Å²) in [6.07, 6.45) is -2.53. The van der Waals surface area contributed by atoms with E-state index in [1.165, 1.54) is 42.6 Å². The van der Waals surface area contributed by atoms with E-state index in [4.69, 9.17) is 4.74 Å². The first kappa shape index (κ1) is 20.9. The lowest BCUT2D eigenvalue weighted by molar-refractivity contribution is -0.153. The molecule has 1 aliphatic carbocycles. The number of carbonyl (C=O) groups excluding carboxylic acids is 1. The smallest absolute Gasteiger partial charge is 0.422 e. The number of carbonyl (C=O) groups is 1. The van der Waals surface area contributed by atoms with Gasteiger partial charge in [0.1, 0.15) is 17.3 Å². The molecule has 1 amide bonds. The highest BCUT2D eigenvalue weighted by atomic mass is 19.4. The average molecular weight is 412 g/mol. The SMILES string of the molecule is C[C@@H](NC(=O)C1CC1COc1ccc(F)cc1)c1ccc(OCC(F)(F)F)cn1. The molecule has 1 heterocycles. The summed E-state index contributed by atoms with van der Waals surface area (Å²) >= 11 is 0. The molecule has 3 atom stereocenters. The molecule has 156 valence electrons. The first-order chi connectivity index (χ1) is 13.7. The fraction of sp³-hybridized carbons (Fsp3) is 0.400. The van der Waals surface area contributed by atoms with E-state index in [0.29, 0.717) is 24.5 Å². The standard InChI is InChI=1S/C20H20F4N2O3/c1-12(18-7-6-16(9-25-18)29-11-20(22,23)24)26-19(27)17-8-13(17)10-28-15-4-2-14(21)3-5-15/h2-7,9,12-13,17H,8,10-11H2,1H3,(H,26,27)/t12-,13?,17?/m1/s1. The minimum absolute atomic E-state index is 0.00444. The molecule has 0 bridgehead atoms. The predicted octanol–water partition coefficient (Wildman–Crippen LogP) is 4.05. The molecular formula is C20H20F4N2O3. The van der Waals surface area contributed by atoms with Crippen LogP contribution in [0.1, 0.15) is 25.1 Å². The normalized spacial score (nSPS) is 19.3. The van der Waals surface area contributed by atoms with Crippen molar-refractivity contribution >= 4 is 5.91 Å². The number of hydrogen-bond donors (Lipinski definition) is 1. The fourth-order valence-electron chi connectivity index (χ4n) is 2.78. The van der Waals surface area contributed by atoms with Crippen molar-refractivity contribution in [1.29, 1.82) is 0 Å². The van der Waals surface area contributed by atoms with Crippen LogP contribution in [0.2, 0.25) is 0 Å². The van der Waals surface area contributed by atoms with E-state index in [1.807, 2.05) is 0 Å². The molecule has 0 aliphatic heterocycles. The molecule has 1 aliphatic rings. The Bertz CT molecular complexity index is 825. The fourth-order valence-corrected chi connectivity index (χ4v) is 2.78. The lowest BCUT2D eigenvalue weighted by Gasteiger charge is -2.14. The number of halogens is 4. The molecule has 29 heavy (non-hydrogen) atoms. The topological polar surface area (TPSA) is 60.5 Å². The number of ether oxygens (including phenoxy) is 2. The van der Waals surface area contributed by atoms with Crippen LogP contribution in [0.25, 0.3) is 0 Å². The Morgan fingerprint density at radius 2 is 1.86 bits per heavy atom. The number of aromatic nitrogens is 1. The third-order valence-electron chi connectivity index (χ3n) is 4.50. The van der Waals surface area contributed by atoms with Crippen LogP contribution in [0.3, 0.4) is 0 Å². The Labute approximate surface area is 165 Å². The van der Waals surface area contributed by atoms with Gasteiger partial charge in [0.25, 0.3) is 0 Å². The van der Waals surface area contributed by atoms with Crippen LogP contribution < -0.4 is 14.8 Å². The zero-order valence-electron chi connectivity index (χ0n) is 15.6. The summed E-state index contributed by atoms with van der Waals surface area (Å²) in [5.41, 5.74) is 0.512. The average Bonchev–Trinajstić information content (AvgIpc) is 3.45. The molecule has 1 aromatic heterocycles. The van der Waals surface area contributed by atoms with Crippen LogP contribution in [-0.2, 0) is 4.79 Å². The zero-order valence-corrected chi connectivity index (χ0v) is 15.6. The van der Waals surface area contributed by atoms with Crippen LogP contribution in [-0.4, -0.2) is 30.3 Å². The van der Waals surface area contributed by atoms with Gasteiger partial charge in [-0.3, -0.25) is 9.78 Å². The highest BCUT2D eigenvalue weighted by molar-refractivity contribution is 5.81. The predicted molar refractivity (Wildman–Crippen MR) is 95.8 cm³/mol. The van der Waals surface area contributed by atoms with E-state index < -0.39 is 18.8 Å². The van der Waals surface area contributed by atoms with E-state index >= 15 is 0 Å². The quantitative estimate of drug-likeness (QED) is 0.665. The van der Waals surface area contributed by atoms with Crippen LogP contribution in [0.15, 0.2) is 42.6 Å². The maximum absolute atomic E-state index is 12.9. The summed E-state index contributed by atoms with van der Waals surface area (Å²) in [6, 6.07) is 8.16. The minimum atomic E-state index is -4.42. The zero-order chi connectivity index (χ0) is 21.0. The van der Waals surface area contributed by atoms with E-state index in [1.54, 1.807) is 6.92 Å². The first-order valence-electron chi connectivity index (χ1n) is 9.05. The number of nitrogens with one attached hydrogen (secondary N) is 1. The monoisotopic (exact) mass is 412 g/mol. The number of alkyl halides is 3. The minimum Gasteiger partial charge on any atom is -0.493 e. The molecule has 1 N–H and O–H groups in total. The second-order valence-corrected chi connectivity index (χ2v) is 6.92. The van der Waals surface area contributed by atoms with Crippen molar-refractivity contribution in [3.63, 3.8) is 0 Å². The highest BCUT2D eigenvalue weighted by Gasteiger charge is 2.43. The number of nitrogens with zero attached hydrogens (tertiary/aromatic N) is 1. The summed E-state index contributed by atoms with van der Waals surface area (Å²) in [5, 5.41) is 2.84. The molecule has 9 heteroatoms. The Hall–Kier alpha value is -2.84. The molecule has 3 rings (SSSR count). The molecule has 1 saturated carbocycles. The third kappa shape index (κ3) is 6.33. The van der Waals surface area contributed by atoms with Gasteiger partial charge in [0.15, 0.2) is 6.61 Å². The number of pyridine rings is 1. The van der Waals surface area contributed by atoms with Crippen molar-refractivity contribution < 1.29 is 31.8 Å². The van der Waals surface area contributed by atoms with Crippen LogP contribution in [0.5, 0.6) is 11.5 Å². The van der Waals surface area contributed by atoms with Crippen LogP contribution in [0.4, 0.5) is 17.6 Å². The van der Waals surface area contributed by atoms with E-state index in [9.17, 15) is 22.4 Å². The van der Waals surface area contributed by atoms with Crippen molar-refractivity contribution in [2.45, 2.75) is 25.6 Å². The molecule has 5 nitrogen and oxygen atoms in total. The first-order valence-corrected chi connectivity index (χ1v) is 9.05. The van der Waals surface area contributed by atoms with Gasteiger partial charge >= 0.3 is 6.18 Å². The van der Waals surface area contributed by atoms with Gasteiger partial charge in [-0.05, 0) is 49.7 Å². The van der Waals surface area contributed by atoms with Crippen molar-refractivity contribution in [2.75, 3.05) is 13.2 Å². The van der Waals surface area contributed by atoms with Gasteiger partial charge in [0.05, 0.1) is 24.5 Å². The summed E-state index contributed by atoms with van der Waals surface area (Å²) in [7, 11) is 0. The van der Waals surface area contributed by atoms with Gasteiger partial charge in [-0.2, -0.15) is 13.2 Å². The number of rotatable bonds is 8. The Kier molecular flexibility index (Phi) is 6.24. The summed E-state index contributed by atoms with van der Waals surface area (Å²) in [5.74, 6) is -0.0220. The summed E-state index contributed by atoms with van der Waals surface area (Å²) in [6.45, 7) is 0.716. The third-order valence-corrected chi connectivity index (χ3v) is 4.50. The largest absolute Gasteiger partial charge is 0.493 e. The molecule has 2 unspecified atom stereocenters. The molecule has 0 radical (unpaired) electrons. The summed E-state index contributed by atoms with van der Waals surface area (Å²) < 4.78 is 59.5. The lowest BCUT2D eigenvalue weighted by Crippen LogP contribution is -2.29. The lowest BCUT2D eigenvalue weighted by atomic mass is 10.2. The van der Waals surface area contributed by atoms with Gasteiger partial charge in [0.2, 0.25) is 5.91 Å². The highest BCUT2D eigenvalue weighted by Crippen LogP contribution is 2.39. The van der Waals surface area contributed by atoms with Crippen molar-refractivity contribution in [2.24, 2.45) is 11.8 Å². The molecule has 1 fully saturated rings. The van der Waals surface area contributed by atoms with Crippen LogP contribution in [0, 0.1) is 17.7 Å². The Morgan fingerprint density at radius 1 is 1.17 bits per heavy atom. The number of benzene rings is 1. The number of amides is 1. The molecule has 0 saturated heterocycles. The van der Waals surface area contributed by atoms with Crippen LogP contribution >= 0.6 is 0 Å². The van der Waals surface area contributed by atoms with Gasteiger partial charge in [-0.1, -0.05) is 0 Å². The summed E-state index contributed by atoms with van der Waals surface area (Å²) in [4.78, 5) is 16.4. The molecule has 0 spiro atoms. The van der Waals surface area contributed by atoms with Gasteiger partial charge in [-0.15, -0.1) is 0 Å². The molecule has 1 aromatic carbocycles. The Balaban J connectivity index is 1.43.